The molecular weight excluding hydrogens is 120 g/mol. The Hall–Kier alpha value is -0.960. The van der Waals surface area contributed by atoms with Gasteiger partial charge in [0.05, 0.1) is 0 Å². The smallest absolute Gasteiger partial charge is 0.0213 e. The van der Waals surface area contributed by atoms with Crippen LogP contribution in [-0.2, 0) is 0 Å². The van der Waals surface area contributed by atoms with Gasteiger partial charge in [0.1, 0.15) is 0 Å². The summed E-state index contributed by atoms with van der Waals surface area (Å²) in [6.07, 6.45) is 6.15. The summed E-state index contributed by atoms with van der Waals surface area (Å²) in [4.78, 5) is 0. The molecule has 1 atom stereocenters. The molecule has 0 aromatic heterocycles. The predicted molar refractivity (Wildman–Crippen MR) is 44.5 cm³/mol. The molecule has 0 aliphatic heterocycles. The average Bonchev–Trinajstić information content (AvgIpc) is 1.95. The fourth-order valence-corrected chi connectivity index (χ4v) is 0.935. The van der Waals surface area contributed by atoms with E-state index in [1.165, 1.54) is 5.57 Å². The van der Waals surface area contributed by atoms with Crippen molar-refractivity contribution >= 4 is 0 Å². The zero-order valence-electron chi connectivity index (χ0n) is 6.35. The number of rotatable bonds is 2. The SMILES string of the molecule is C=CCC1=CCC(C)C#C1. The molecule has 1 unspecified atom stereocenters. The molecule has 0 spiro atoms. The molecule has 0 heterocycles. The number of hydrogen-bond acceptors (Lipinski definition) is 0. The highest BCUT2D eigenvalue weighted by molar-refractivity contribution is 5.34. The fraction of sp³-hybridized carbons (Fsp3) is 0.400. The lowest BCUT2D eigenvalue weighted by atomic mass is 10.00. The summed E-state index contributed by atoms with van der Waals surface area (Å²) in [5.41, 5.74) is 1.23. The van der Waals surface area contributed by atoms with Crippen molar-refractivity contribution in [3.63, 3.8) is 0 Å². The van der Waals surface area contributed by atoms with E-state index >= 15 is 0 Å². The Balaban J connectivity index is 2.57. The zero-order chi connectivity index (χ0) is 7.40. The minimum absolute atomic E-state index is 0.550. The van der Waals surface area contributed by atoms with Gasteiger partial charge in [-0.25, -0.2) is 0 Å². The van der Waals surface area contributed by atoms with Crippen molar-refractivity contribution in [1.29, 1.82) is 0 Å². The van der Waals surface area contributed by atoms with Crippen molar-refractivity contribution in [3.05, 3.63) is 24.3 Å². The van der Waals surface area contributed by atoms with Crippen LogP contribution in [-0.4, -0.2) is 0 Å². The molecule has 0 heteroatoms. The molecule has 0 bridgehead atoms. The lowest BCUT2D eigenvalue weighted by Gasteiger charge is -2.04. The lowest BCUT2D eigenvalue weighted by Crippen LogP contribution is -1.93. The second kappa shape index (κ2) is 3.27. The van der Waals surface area contributed by atoms with Crippen LogP contribution < -0.4 is 0 Å². The summed E-state index contributed by atoms with van der Waals surface area (Å²) < 4.78 is 0. The van der Waals surface area contributed by atoms with Crippen LogP contribution in [0.4, 0.5) is 0 Å². The molecule has 0 saturated carbocycles. The van der Waals surface area contributed by atoms with Crippen molar-refractivity contribution in [2.75, 3.05) is 0 Å². The molecule has 10 heavy (non-hydrogen) atoms. The summed E-state index contributed by atoms with van der Waals surface area (Å²) >= 11 is 0. The molecule has 0 nitrogen and oxygen atoms in total. The lowest BCUT2D eigenvalue weighted by molar-refractivity contribution is 0.762. The van der Waals surface area contributed by atoms with Gasteiger partial charge in [-0.05, 0) is 12.8 Å². The van der Waals surface area contributed by atoms with Crippen LogP contribution in [0.2, 0.25) is 0 Å². The van der Waals surface area contributed by atoms with Gasteiger partial charge in [-0.2, -0.15) is 0 Å². The van der Waals surface area contributed by atoms with E-state index in [1.807, 2.05) is 6.08 Å². The van der Waals surface area contributed by atoms with Gasteiger partial charge in [0, 0.05) is 11.5 Å². The number of hydrogen-bond donors (Lipinski definition) is 0. The standard InChI is InChI=1S/C10H12/c1-3-4-10-7-5-9(2)6-8-10/h3,7,9H,1,4-5H2,2H3. The van der Waals surface area contributed by atoms with E-state index in [4.69, 9.17) is 0 Å². The third kappa shape index (κ3) is 1.77. The van der Waals surface area contributed by atoms with Crippen molar-refractivity contribution in [2.24, 2.45) is 5.92 Å². The second-order valence-corrected chi connectivity index (χ2v) is 2.63. The van der Waals surface area contributed by atoms with Crippen LogP contribution >= 0.6 is 0 Å². The molecule has 0 aromatic carbocycles. The second-order valence-electron chi connectivity index (χ2n) is 2.63. The highest BCUT2D eigenvalue weighted by Gasteiger charge is 2.00. The molecule has 0 radical (unpaired) electrons. The Bertz CT molecular complexity index is 210. The van der Waals surface area contributed by atoms with Crippen LogP contribution in [0.25, 0.3) is 0 Å². The first kappa shape index (κ1) is 7.15. The van der Waals surface area contributed by atoms with E-state index in [0.717, 1.165) is 12.8 Å². The highest BCUT2D eigenvalue weighted by atomic mass is 14.0. The Kier molecular flexibility index (Phi) is 2.34. The van der Waals surface area contributed by atoms with Gasteiger partial charge in [0.2, 0.25) is 0 Å². The predicted octanol–water partition coefficient (Wildman–Crippen LogP) is 2.53. The first-order chi connectivity index (χ1) is 4.83. The molecule has 1 aliphatic rings. The van der Waals surface area contributed by atoms with Gasteiger partial charge in [0.25, 0.3) is 0 Å². The third-order valence-electron chi connectivity index (χ3n) is 1.56. The van der Waals surface area contributed by atoms with E-state index < -0.39 is 0 Å². The van der Waals surface area contributed by atoms with Gasteiger partial charge in [-0.15, -0.1) is 6.58 Å². The maximum Gasteiger partial charge on any atom is 0.0213 e. The van der Waals surface area contributed by atoms with Gasteiger partial charge in [0.15, 0.2) is 0 Å². The Morgan fingerprint density at radius 3 is 3.20 bits per heavy atom. The molecular formula is C10H12. The molecule has 0 N–H and O–H groups in total. The molecule has 1 rings (SSSR count). The Labute approximate surface area is 62.6 Å². The summed E-state index contributed by atoms with van der Waals surface area (Å²) in [5.74, 6) is 6.81. The largest absolute Gasteiger partial charge is 0.103 e. The van der Waals surface area contributed by atoms with Gasteiger partial charge < -0.3 is 0 Å². The van der Waals surface area contributed by atoms with Crippen LogP contribution in [0.5, 0.6) is 0 Å². The van der Waals surface area contributed by atoms with Crippen molar-refractivity contribution in [1.82, 2.24) is 0 Å². The van der Waals surface area contributed by atoms with Crippen molar-refractivity contribution < 1.29 is 0 Å². The van der Waals surface area contributed by atoms with Crippen molar-refractivity contribution in [2.45, 2.75) is 19.8 Å². The summed E-state index contributed by atoms with van der Waals surface area (Å²) in [7, 11) is 0. The monoisotopic (exact) mass is 132 g/mol. The topological polar surface area (TPSA) is 0 Å². The quantitative estimate of drug-likeness (QED) is 0.400. The van der Waals surface area contributed by atoms with Crippen LogP contribution in [0.1, 0.15) is 19.8 Å². The van der Waals surface area contributed by atoms with E-state index in [-0.39, 0.29) is 0 Å². The maximum absolute atomic E-state index is 3.67. The van der Waals surface area contributed by atoms with Gasteiger partial charge in [-0.3, -0.25) is 0 Å². The molecule has 1 aliphatic carbocycles. The zero-order valence-corrected chi connectivity index (χ0v) is 6.35. The number of allylic oxidation sites excluding steroid dienone is 3. The normalized spacial score (nSPS) is 22.5. The Morgan fingerprint density at radius 1 is 1.90 bits per heavy atom. The fourth-order valence-electron chi connectivity index (χ4n) is 0.935. The summed E-state index contributed by atoms with van der Waals surface area (Å²) in [5, 5.41) is 0. The van der Waals surface area contributed by atoms with Crippen LogP contribution in [0.3, 0.4) is 0 Å². The maximum atomic E-state index is 3.67. The van der Waals surface area contributed by atoms with Crippen LogP contribution in [0, 0.1) is 17.8 Å². The molecule has 52 valence electrons. The minimum atomic E-state index is 0.550. The summed E-state index contributed by atoms with van der Waals surface area (Å²) in [6.45, 7) is 5.81. The first-order valence-electron chi connectivity index (χ1n) is 3.64. The van der Waals surface area contributed by atoms with E-state index in [2.05, 4.69) is 31.4 Å². The van der Waals surface area contributed by atoms with Gasteiger partial charge >= 0.3 is 0 Å². The van der Waals surface area contributed by atoms with E-state index in [9.17, 15) is 0 Å². The van der Waals surface area contributed by atoms with Gasteiger partial charge in [-0.1, -0.05) is 30.9 Å². The van der Waals surface area contributed by atoms with E-state index in [0.29, 0.717) is 5.92 Å². The average molecular weight is 132 g/mol. The van der Waals surface area contributed by atoms with Crippen LogP contribution in [0.15, 0.2) is 24.3 Å². The molecule has 0 fully saturated rings. The minimum Gasteiger partial charge on any atom is -0.103 e. The third-order valence-corrected chi connectivity index (χ3v) is 1.56. The summed E-state index contributed by atoms with van der Waals surface area (Å²) in [6, 6.07) is 0. The Morgan fingerprint density at radius 2 is 2.70 bits per heavy atom. The van der Waals surface area contributed by atoms with Crippen molar-refractivity contribution in [3.8, 4) is 11.8 Å². The molecule has 0 aromatic rings. The molecule has 0 amide bonds. The highest BCUT2D eigenvalue weighted by Crippen LogP contribution is 2.12. The first-order valence-corrected chi connectivity index (χ1v) is 3.64. The molecule has 0 saturated heterocycles. The van der Waals surface area contributed by atoms with E-state index in [1.54, 1.807) is 0 Å².